The van der Waals surface area contributed by atoms with E-state index < -0.39 is 0 Å². The van der Waals surface area contributed by atoms with Crippen molar-refractivity contribution in [2.24, 2.45) is 11.8 Å². The van der Waals surface area contributed by atoms with Crippen LogP contribution in [0, 0.1) is 11.8 Å². The molecule has 1 aliphatic rings. The summed E-state index contributed by atoms with van der Waals surface area (Å²) in [5.74, 6) is 0.786. The van der Waals surface area contributed by atoms with E-state index in [1.165, 1.54) is 0 Å². The highest BCUT2D eigenvalue weighted by Gasteiger charge is 2.29. The van der Waals surface area contributed by atoms with Gasteiger partial charge in [-0.25, -0.2) is 4.98 Å². The number of rotatable bonds is 7. The van der Waals surface area contributed by atoms with Crippen LogP contribution < -0.4 is 5.56 Å². The lowest BCUT2D eigenvalue weighted by molar-refractivity contribution is -0.133. The smallest absolute Gasteiger partial charge is 0.258 e. The van der Waals surface area contributed by atoms with Crippen molar-refractivity contribution in [3.8, 4) is 0 Å². The SMILES string of the molecule is CC(CC(=O)N1CCC(C(=O)c2cnn(C(C)C)c2)CC1)Cc1nc2ccccc2c(=O)[nH]1. The lowest BCUT2D eigenvalue weighted by Gasteiger charge is -2.32. The van der Waals surface area contributed by atoms with Gasteiger partial charge in [-0.15, -0.1) is 0 Å². The predicted octanol–water partition coefficient (Wildman–Crippen LogP) is 3.39. The molecule has 1 fully saturated rings. The molecule has 1 saturated heterocycles. The highest BCUT2D eigenvalue weighted by molar-refractivity contribution is 5.97. The number of nitrogens with zero attached hydrogens (tertiary/aromatic N) is 4. The molecule has 8 heteroatoms. The number of hydrogen-bond acceptors (Lipinski definition) is 5. The van der Waals surface area contributed by atoms with Gasteiger partial charge in [0.25, 0.3) is 5.56 Å². The Morgan fingerprint density at radius 1 is 1.15 bits per heavy atom. The second kappa shape index (κ2) is 9.68. The molecular formula is C25H31N5O3. The van der Waals surface area contributed by atoms with Gasteiger partial charge in [0.15, 0.2) is 5.78 Å². The summed E-state index contributed by atoms with van der Waals surface area (Å²) in [6, 6.07) is 7.47. The number of carbonyl (C=O) groups excluding carboxylic acids is 2. The Bertz CT molecular complexity index is 1200. The van der Waals surface area contributed by atoms with E-state index in [9.17, 15) is 14.4 Å². The number of carbonyl (C=O) groups is 2. The minimum Gasteiger partial charge on any atom is -0.343 e. The van der Waals surface area contributed by atoms with Crippen molar-refractivity contribution < 1.29 is 9.59 Å². The first kappa shape index (κ1) is 22.9. The maximum Gasteiger partial charge on any atom is 0.258 e. The molecule has 3 heterocycles. The molecule has 33 heavy (non-hydrogen) atoms. The van der Waals surface area contributed by atoms with Crippen molar-refractivity contribution in [2.45, 2.75) is 52.5 Å². The third-order valence-electron chi connectivity index (χ3n) is 6.36. The Morgan fingerprint density at radius 2 is 1.88 bits per heavy atom. The van der Waals surface area contributed by atoms with E-state index >= 15 is 0 Å². The number of H-pyrrole nitrogens is 1. The van der Waals surface area contributed by atoms with Crippen molar-refractivity contribution >= 4 is 22.6 Å². The van der Waals surface area contributed by atoms with Crippen molar-refractivity contribution in [1.82, 2.24) is 24.6 Å². The molecule has 1 atom stereocenters. The number of aromatic amines is 1. The second-order valence-electron chi connectivity index (χ2n) is 9.37. The van der Waals surface area contributed by atoms with Crippen molar-refractivity contribution in [3.05, 3.63) is 58.4 Å². The number of ketones is 1. The van der Waals surface area contributed by atoms with Gasteiger partial charge >= 0.3 is 0 Å². The molecule has 8 nitrogen and oxygen atoms in total. The van der Waals surface area contributed by atoms with Gasteiger partial charge in [0.05, 0.1) is 22.7 Å². The van der Waals surface area contributed by atoms with E-state index in [0.717, 1.165) is 0 Å². The first-order valence-electron chi connectivity index (χ1n) is 11.7. The molecular weight excluding hydrogens is 418 g/mol. The van der Waals surface area contributed by atoms with Crippen LogP contribution in [0.1, 0.15) is 62.3 Å². The van der Waals surface area contributed by atoms with E-state index in [2.05, 4.69) is 15.1 Å². The summed E-state index contributed by atoms with van der Waals surface area (Å²) in [7, 11) is 0. The van der Waals surface area contributed by atoms with Gasteiger partial charge in [-0.2, -0.15) is 5.10 Å². The molecule has 3 aromatic rings. The summed E-state index contributed by atoms with van der Waals surface area (Å²) in [4.78, 5) is 47.2. The van der Waals surface area contributed by atoms with Crippen LogP contribution >= 0.6 is 0 Å². The van der Waals surface area contributed by atoms with Gasteiger partial charge in [0.1, 0.15) is 5.82 Å². The zero-order valence-electron chi connectivity index (χ0n) is 19.5. The maximum absolute atomic E-state index is 12.8. The van der Waals surface area contributed by atoms with Gasteiger partial charge in [0, 0.05) is 44.1 Å². The van der Waals surface area contributed by atoms with E-state index in [1.54, 1.807) is 16.9 Å². The highest BCUT2D eigenvalue weighted by atomic mass is 16.2. The van der Waals surface area contributed by atoms with Gasteiger partial charge in [-0.3, -0.25) is 19.1 Å². The van der Waals surface area contributed by atoms with Gasteiger partial charge in [-0.1, -0.05) is 19.1 Å². The number of aromatic nitrogens is 4. The molecule has 1 aromatic carbocycles. The molecule has 1 aliphatic heterocycles. The molecule has 0 radical (unpaired) electrons. The monoisotopic (exact) mass is 449 g/mol. The first-order chi connectivity index (χ1) is 15.8. The Balaban J connectivity index is 1.30. The normalized spacial score (nSPS) is 15.8. The fraction of sp³-hybridized carbons (Fsp3) is 0.480. The van der Waals surface area contributed by atoms with Crippen LogP contribution in [0.2, 0.25) is 0 Å². The lowest BCUT2D eigenvalue weighted by atomic mass is 9.89. The Kier molecular flexibility index (Phi) is 6.72. The van der Waals surface area contributed by atoms with E-state index in [-0.39, 0.29) is 35.1 Å². The molecule has 2 aromatic heterocycles. The summed E-state index contributed by atoms with van der Waals surface area (Å²) in [5.41, 5.74) is 1.17. The Labute approximate surface area is 193 Å². The minimum atomic E-state index is -0.153. The third-order valence-corrected chi connectivity index (χ3v) is 6.36. The Hall–Kier alpha value is -3.29. The first-order valence-corrected chi connectivity index (χ1v) is 11.7. The molecule has 4 rings (SSSR count). The van der Waals surface area contributed by atoms with Gasteiger partial charge in [-0.05, 0) is 44.7 Å². The van der Waals surface area contributed by atoms with Gasteiger partial charge in [0.2, 0.25) is 5.91 Å². The average molecular weight is 450 g/mol. The van der Waals surface area contributed by atoms with Crippen LogP contribution in [0.25, 0.3) is 10.9 Å². The summed E-state index contributed by atoms with van der Waals surface area (Å²) < 4.78 is 1.80. The maximum atomic E-state index is 12.8. The third kappa shape index (κ3) is 5.21. The number of nitrogens with one attached hydrogen (secondary N) is 1. The number of hydrogen-bond donors (Lipinski definition) is 1. The molecule has 1 N–H and O–H groups in total. The number of fused-ring (bicyclic) bond motifs is 1. The van der Waals surface area contributed by atoms with Crippen LogP contribution in [-0.2, 0) is 11.2 Å². The largest absolute Gasteiger partial charge is 0.343 e. The standard InChI is InChI=1S/C25H31N5O3/c1-16(2)30-15-19(14-26-30)24(32)18-8-10-29(11-9-18)23(31)13-17(3)12-22-27-21-7-5-4-6-20(21)25(33)28-22/h4-7,14-18H,8-13H2,1-3H3,(H,27,28,33). The van der Waals surface area contributed by atoms with Crippen molar-refractivity contribution in [2.75, 3.05) is 13.1 Å². The number of piperidine rings is 1. The number of likely N-dealkylation sites (tertiary alicyclic amines) is 1. The summed E-state index contributed by atoms with van der Waals surface area (Å²) in [6.07, 6.45) is 5.72. The quantitative estimate of drug-likeness (QED) is 0.557. The lowest BCUT2D eigenvalue weighted by Crippen LogP contribution is -2.40. The van der Waals surface area contributed by atoms with Crippen LogP contribution in [0.15, 0.2) is 41.5 Å². The van der Waals surface area contributed by atoms with Crippen LogP contribution in [0.5, 0.6) is 0 Å². The predicted molar refractivity (Wildman–Crippen MR) is 126 cm³/mol. The molecule has 174 valence electrons. The molecule has 1 amide bonds. The number of amides is 1. The fourth-order valence-corrected chi connectivity index (χ4v) is 4.44. The summed E-state index contributed by atoms with van der Waals surface area (Å²) >= 11 is 0. The minimum absolute atomic E-state index is 0.0445. The van der Waals surface area contributed by atoms with E-state index in [4.69, 9.17) is 0 Å². The molecule has 0 bridgehead atoms. The van der Waals surface area contributed by atoms with Crippen LogP contribution in [0.3, 0.4) is 0 Å². The molecule has 0 spiro atoms. The zero-order valence-corrected chi connectivity index (χ0v) is 19.5. The summed E-state index contributed by atoms with van der Waals surface area (Å²) in [6.45, 7) is 7.23. The fourth-order valence-electron chi connectivity index (χ4n) is 4.44. The zero-order chi connectivity index (χ0) is 23.5. The van der Waals surface area contributed by atoms with Crippen LogP contribution in [0.4, 0.5) is 0 Å². The number of para-hydroxylation sites is 1. The van der Waals surface area contributed by atoms with Crippen LogP contribution in [-0.4, -0.2) is 49.4 Å². The Morgan fingerprint density at radius 3 is 2.58 bits per heavy atom. The average Bonchev–Trinajstić information content (AvgIpc) is 3.29. The molecule has 0 aliphatic carbocycles. The number of benzene rings is 1. The molecule has 0 saturated carbocycles. The highest BCUT2D eigenvalue weighted by Crippen LogP contribution is 2.23. The topological polar surface area (TPSA) is 101 Å². The second-order valence-corrected chi connectivity index (χ2v) is 9.37. The summed E-state index contributed by atoms with van der Waals surface area (Å²) in [5, 5.41) is 4.84. The van der Waals surface area contributed by atoms with E-state index in [1.807, 2.05) is 50.1 Å². The number of Topliss-reactive ketones (excluding diaryl/α,β-unsaturated/α-hetero) is 1. The van der Waals surface area contributed by atoms with Gasteiger partial charge < -0.3 is 9.88 Å². The van der Waals surface area contributed by atoms with E-state index in [0.29, 0.717) is 61.1 Å². The van der Waals surface area contributed by atoms with Crippen molar-refractivity contribution in [1.29, 1.82) is 0 Å². The molecule has 1 unspecified atom stereocenters. The van der Waals surface area contributed by atoms with Crippen molar-refractivity contribution in [3.63, 3.8) is 0 Å².